The number of fused-ring (bicyclic) bond motifs is 1. The molecule has 0 saturated carbocycles. The summed E-state index contributed by atoms with van der Waals surface area (Å²) >= 11 is 0.816. The molecule has 194 valence electrons. The van der Waals surface area contributed by atoms with Crippen LogP contribution in [-0.2, 0) is 16.1 Å². The monoisotopic (exact) mass is 536 g/mol. The molecule has 3 aromatic carbocycles. The van der Waals surface area contributed by atoms with E-state index in [1.807, 2.05) is 49.4 Å². The summed E-state index contributed by atoms with van der Waals surface area (Å²) in [7, 11) is 1.55. The normalized spacial score (nSPS) is 14.2. The lowest BCUT2D eigenvalue weighted by Crippen LogP contribution is -2.36. The smallest absolute Gasteiger partial charge is 0.294 e. The number of hydrogen-bond acceptors (Lipinski definition) is 6. The minimum atomic E-state index is -0.513. The van der Waals surface area contributed by atoms with Crippen LogP contribution in [0.1, 0.15) is 22.4 Å². The maximum absolute atomic E-state index is 13.2. The molecule has 3 amide bonds. The third-order valence-corrected chi connectivity index (χ3v) is 7.48. The largest absolute Gasteiger partial charge is 0.497 e. The van der Waals surface area contributed by atoms with E-state index in [4.69, 9.17) is 4.74 Å². The van der Waals surface area contributed by atoms with Crippen LogP contribution >= 0.6 is 11.8 Å². The first-order chi connectivity index (χ1) is 18.9. The van der Waals surface area contributed by atoms with Crippen molar-refractivity contribution in [3.8, 4) is 11.8 Å². The van der Waals surface area contributed by atoms with Crippen LogP contribution in [0.2, 0.25) is 0 Å². The fourth-order valence-electron chi connectivity index (χ4n) is 4.57. The number of rotatable bonds is 7. The predicted octanol–water partition coefficient (Wildman–Crippen LogP) is 5.55. The lowest BCUT2D eigenvalue weighted by Gasteiger charge is -2.12. The highest BCUT2D eigenvalue weighted by molar-refractivity contribution is 8.18. The average molecular weight is 537 g/mol. The summed E-state index contributed by atoms with van der Waals surface area (Å²) in [6.45, 7) is 2.05. The van der Waals surface area contributed by atoms with Gasteiger partial charge in [-0.25, -0.2) is 0 Å². The summed E-state index contributed by atoms with van der Waals surface area (Å²) in [5, 5.41) is 12.7. The fraction of sp³-hybridized carbons (Fsp3) is 0.133. The number of nitriles is 1. The average Bonchev–Trinajstić information content (AvgIpc) is 3.36. The van der Waals surface area contributed by atoms with Crippen LogP contribution in [0.5, 0.6) is 5.75 Å². The molecule has 5 rings (SSSR count). The van der Waals surface area contributed by atoms with Gasteiger partial charge >= 0.3 is 0 Å². The Morgan fingerprint density at radius 3 is 2.51 bits per heavy atom. The van der Waals surface area contributed by atoms with Crippen molar-refractivity contribution < 1.29 is 19.1 Å². The first-order valence-electron chi connectivity index (χ1n) is 12.1. The Labute approximate surface area is 229 Å². The molecule has 1 saturated heterocycles. The van der Waals surface area contributed by atoms with Gasteiger partial charge in [-0.3, -0.25) is 19.3 Å². The van der Waals surface area contributed by atoms with E-state index in [0.29, 0.717) is 23.5 Å². The van der Waals surface area contributed by atoms with Crippen molar-refractivity contribution in [3.63, 3.8) is 0 Å². The van der Waals surface area contributed by atoms with Gasteiger partial charge in [0, 0.05) is 34.4 Å². The minimum absolute atomic E-state index is 0.251. The molecule has 0 spiro atoms. The molecule has 0 radical (unpaired) electrons. The first-order valence-corrected chi connectivity index (χ1v) is 13.0. The number of methoxy groups -OCH3 is 1. The summed E-state index contributed by atoms with van der Waals surface area (Å²) in [5.41, 5.74) is 4.68. The molecule has 2 heterocycles. The van der Waals surface area contributed by atoms with Crippen LogP contribution in [0.25, 0.3) is 17.0 Å². The van der Waals surface area contributed by atoms with E-state index in [1.165, 1.54) is 0 Å². The first kappa shape index (κ1) is 25.8. The van der Waals surface area contributed by atoms with E-state index in [-0.39, 0.29) is 11.4 Å². The number of amides is 3. The second-order valence-electron chi connectivity index (χ2n) is 8.92. The fourth-order valence-corrected chi connectivity index (χ4v) is 5.39. The second kappa shape index (κ2) is 10.9. The number of benzene rings is 3. The summed E-state index contributed by atoms with van der Waals surface area (Å²) in [4.78, 5) is 39.7. The van der Waals surface area contributed by atoms with E-state index < -0.39 is 17.1 Å². The van der Waals surface area contributed by atoms with Gasteiger partial charge in [-0.1, -0.05) is 36.4 Å². The van der Waals surface area contributed by atoms with E-state index >= 15 is 0 Å². The minimum Gasteiger partial charge on any atom is -0.497 e. The van der Waals surface area contributed by atoms with E-state index in [9.17, 15) is 19.6 Å². The lowest BCUT2D eigenvalue weighted by molar-refractivity contribution is -0.127. The van der Waals surface area contributed by atoms with Crippen molar-refractivity contribution in [2.24, 2.45) is 0 Å². The number of thioether (sulfide) groups is 1. The molecular formula is C30H24N4O4S. The zero-order valence-electron chi connectivity index (χ0n) is 21.3. The zero-order chi connectivity index (χ0) is 27.5. The molecule has 1 aliphatic rings. The third kappa shape index (κ3) is 5.15. The number of imide groups is 1. The molecule has 0 atom stereocenters. The van der Waals surface area contributed by atoms with Crippen LogP contribution < -0.4 is 10.1 Å². The Balaban J connectivity index is 1.41. The highest BCUT2D eigenvalue weighted by atomic mass is 32.2. The number of para-hydroxylation sites is 1. The molecular weight excluding hydrogens is 512 g/mol. The zero-order valence-corrected chi connectivity index (χ0v) is 22.1. The molecule has 1 N–H and O–H groups in total. The van der Waals surface area contributed by atoms with E-state index in [0.717, 1.165) is 44.4 Å². The third-order valence-electron chi connectivity index (χ3n) is 6.57. The Bertz CT molecular complexity index is 1680. The van der Waals surface area contributed by atoms with E-state index in [1.54, 1.807) is 43.5 Å². The maximum Gasteiger partial charge on any atom is 0.294 e. The topological polar surface area (TPSA) is 104 Å². The molecule has 8 nitrogen and oxygen atoms in total. The highest BCUT2D eigenvalue weighted by Gasteiger charge is 2.36. The molecule has 39 heavy (non-hydrogen) atoms. The highest BCUT2D eigenvalue weighted by Crippen LogP contribution is 2.36. The second-order valence-corrected chi connectivity index (χ2v) is 9.91. The van der Waals surface area contributed by atoms with E-state index in [2.05, 4.69) is 16.0 Å². The Kier molecular flexibility index (Phi) is 7.21. The van der Waals surface area contributed by atoms with Crippen LogP contribution in [0.15, 0.2) is 77.7 Å². The predicted molar refractivity (Wildman–Crippen MR) is 151 cm³/mol. The standard InChI is InChI=1S/C30H24N4O4S/c1-19-25(24-9-5-6-10-26(24)33(19)17-21-8-4-3-7-20(21)16-31)15-27-29(36)34(30(37)39-27)18-28(35)32-22-11-13-23(38-2)14-12-22/h3-15H,17-18H2,1-2H3,(H,32,35)/b27-15-. The molecule has 4 aromatic rings. The van der Waals surface area contributed by atoms with Crippen molar-refractivity contribution in [2.45, 2.75) is 13.5 Å². The van der Waals surface area contributed by atoms with Crippen molar-refractivity contribution in [3.05, 3.63) is 100 Å². The summed E-state index contributed by atoms with van der Waals surface area (Å²) < 4.78 is 7.21. The number of nitrogens with zero attached hydrogens (tertiary/aromatic N) is 3. The maximum atomic E-state index is 13.2. The quantitative estimate of drug-likeness (QED) is 0.311. The van der Waals surface area contributed by atoms with Gasteiger partial charge in [0.1, 0.15) is 12.3 Å². The number of carbonyl (C=O) groups is 3. The van der Waals surface area contributed by atoms with Gasteiger partial charge in [0.25, 0.3) is 11.1 Å². The van der Waals surface area contributed by atoms with Gasteiger partial charge in [-0.05, 0) is 66.7 Å². The molecule has 1 aromatic heterocycles. The van der Waals surface area contributed by atoms with Crippen molar-refractivity contribution in [1.29, 1.82) is 5.26 Å². The molecule has 9 heteroatoms. The Hall–Kier alpha value is -4.81. The summed E-state index contributed by atoms with van der Waals surface area (Å²) in [5.74, 6) is -0.344. The van der Waals surface area contributed by atoms with Crippen LogP contribution in [0, 0.1) is 18.3 Å². The van der Waals surface area contributed by atoms with Crippen LogP contribution in [-0.4, -0.2) is 40.2 Å². The number of hydrogen-bond donors (Lipinski definition) is 1. The molecule has 0 bridgehead atoms. The SMILES string of the molecule is COc1ccc(NC(=O)CN2C(=O)S/C(=C\c3c(C)n(Cc4ccccc4C#N)c4ccccc34)C2=O)cc1. The Morgan fingerprint density at radius 1 is 1.05 bits per heavy atom. The number of ether oxygens (including phenoxy) is 1. The van der Waals surface area contributed by atoms with Gasteiger partial charge in [0.2, 0.25) is 5.91 Å². The Morgan fingerprint density at radius 2 is 1.77 bits per heavy atom. The summed E-state index contributed by atoms with van der Waals surface area (Å²) in [6, 6.07) is 24.3. The molecule has 0 unspecified atom stereocenters. The number of anilines is 1. The molecule has 0 aliphatic carbocycles. The van der Waals surface area contributed by atoms with Crippen molar-refractivity contribution in [1.82, 2.24) is 9.47 Å². The van der Waals surface area contributed by atoms with Gasteiger partial charge in [0.05, 0.1) is 23.6 Å². The van der Waals surface area contributed by atoms with Gasteiger partial charge < -0.3 is 14.6 Å². The van der Waals surface area contributed by atoms with Crippen LogP contribution in [0.4, 0.5) is 10.5 Å². The molecule has 1 aliphatic heterocycles. The van der Waals surface area contributed by atoms with Crippen molar-refractivity contribution in [2.75, 3.05) is 19.0 Å². The van der Waals surface area contributed by atoms with Crippen molar-refractivity contribution >= 4 is 51.5 Å². The summed E-state index contributed by atoms with van der Waals surface area (Å²) in [6.07, 6.45) is 1.72. The van der Waals surface area contributed by atoms with Gasteiger partial charge in [0.15, 0.2) is 0 Å². The van der Waals surface area contributed by atoms with Crippen LogP contribution in [0.3, 0.4) is 0 Å². The van der Waals surface area contributed by atoms with Gasteiger partial charge in [-0.15, -0.1) is 0 Å². The van der Waals surface area contributed by atoms with Gasteiger partial charge in [-0.2, -0.15) is 5.26 Å². The lowest BCUT2D eigenvalue weighted by atomic mass is 10.1. The number of aromatic nitrogens is 1. The molecule has 1 fully saturated rings. The number of carbonyl (C=O) groups excluding carboxylic acids is 3. The number of nitrogens with one attached hydrogen (secondary N) is 1.